The van der Waals surface area contributed by atoms with Crippen molar-refractivity contribution in [2.45, 2.75) is 75.5 Å². The van der Waals surface area contributed by atoms with Crippen LogP contribution in [-0.2, 0) is 9.84 Å². The molecule has 3 nitrogen and oxygen atoms in total. The lowest BCUT2D eigenvalue weighted by Crippen LogP contribution is -2.40. The maximum atomic E-state index is 11.7. The molecule has 0 aliphatic heterocycles. The number of sulfone groups is 1. The molecule has 4 heteroatoms. The van der Waals surface area contributed by atoms with Crippen LogP contribution in [0.1, 0.15) is 64.2 Å². The van der Waals surface area contributed by atoms with E-state index in [-0.39, 0.29) is 11.3 Å². The zero-order chi connectivity index (χ0) is 12.7. The Morgan fingerprint density at radius 1 is 0.824 bits per heavy atom. The molecule has 0 aromatic heterocycles. The molecule has 0 aromatic carbocycles. The van der Waals surface area contributed by atoms with Crippen LogP contribution >= 0.6 is 0 Å². The molecule has 0 aromatic rings. The summed E-state index contributed by atoms with van der Waals surface area (Å²) in [5, 5.41) is -0.318. The molecule has 0 spiro atoms. The number of hydrogen-bond donors (Lipinski definition) is 1. The molecular formula is C13H27NO2S. The van der Waals surface area contributed by atoms with Crippen LogP contribution in [0.4, 0.5) is 0 Å². The van der Waals surface area contributed by atoms with E-state index in [2.05, 4.69) is 0 Å². The highest BCUT2D eigenvalue weighted by Crippen LogP contribution is 2.20. The molecule has 0 heterocycles. The Labute approximate surface area is 106 Å². The van der Waals surface area contributed by atoms with Crippen molar-refractivity contribution in [3.05, 3.63) is 0 Å². The Morgan fingerprint density at radius 2 is 1.24 bits per heavy atom. The van der Waals surface area contributed by atoms with Crippen LogP contribution in [0.2, 0.25) is 0 Å². The van der Waals surface area contributed by atoms with Gasteiger partial charge in [-0.05, 0) is 12.8 Å². The first-order chi connectivity index (χ1) is 8.02. The second kappa shape index (κ2) is 7.37. The molecule has 1 saturated carbocycles. The van der Waals surface area contributed by atoms with Crippen molar-refractivity contribution in [3.63, 3.8) is 0 Å². The summed E-state index contributed by atoms with van der Waals surface area (Å²) in [5.41, 5.74) is 6.07. The van der Waals surface area contributed by atoms with Crippen LogP contribution in [0.3, 0.4) is 0 Å². The summed E-state index contributed by atoms with van der Waals surface area (Å²) in [4.78, 5) is 0. The first kappa shape index (κ1) is 15.0. The predicted molar refractivity (Wildman–Crippen MR) is 72.8 cm³/mol. The Balaban J connectivity index is 2.57. The number of hydrogen-bond acceptors (Lipinski definition) is 3. The van der Waals surface area contributed by atoms with Gasteiger partial charge in [-0.3, -0.25) is 0 Å². The third-order valence-electron chi connectivity index (χ3n) is 3.80. The first-order valence-corrected chi connectivity index (χ1v) is 8.92. The highest BCUT2D eigenvalue weighted by Gasteiger charge is 2.26. The Bertz CT molecular complexity index is 301. The minimum atomic E-state index is -2.99. The van der Waals surface area contributed by atoms with Crippen molar-refractivity contribution in [1.29, 1.82) is 0 Å². The van der Waals surface area contributed by atoms with Crippen molar-refractivity contribution < 1.29 is 8.42 Å². The number of nitrogens with two attached hydrogens (primary N) is 1. The third kappa shape index (κ3) is 5.87. The van der Waals surface area contributed by atoms with Crippen LogP contribution < -0.4 is 5.73 Å². The minimum Gasteiger partial charge on any atom is -0.327 e. The topological polar surface area (TPSA) is 60.2 Å². The minimum absolute atomic E-state index is 0.163. The molecule has 0 amide bonds. The lowest BCUT2D eigenvalue weighted by atomic mass is 9.98. The fraction of sp³-hybridized carbons (Fsp3) is 1.00. The first-order valence-electron chi connectivity index (χ1n) is 6.96. The van der Waals surface area contributed by atoms with Gasteiger partial charge < -0.3 is 5.73 Å². The average molecular weight is 261 g/mol. The van der Waals surface area contributed by atoms with E-state index in [9.17, 15) is 8.42 Å². The zero-order valence-corrected chi connectivity index (χ0v) is 11.8. The largest absolute Gasteiger partial charge is 0.327 e. The normalized spacial score (nSPS) is 30.2. The van der Waals surface area contributed by atoms with Gasteiger partial charge in [-0.1, -0.05) is 51.4 Å². The summed E-state index contributed by atoms with van der Waals surface area (Å²) in [6.07, 6.45) is 12.5. The second-order valence-electron chi connectivity index (χ2n) is 5.44. The molecule has 2 atom stereocenters. The summed E-state index contributed by atoms with van der Waals surface area (Å²) in [6, 6.07) is -0.163. The summed E-state index contributed by atoms with van der Waals surface area (Å²) in [5.74, 6) is 0. The van der Waals surface area contributed by atoms with Gasteiger partial charge in [0.05, 0.1) is 5.25 Å². The van der Waals surface area contributed by atoms with E-state index in [0.29, 0.717) is 0 Å². The van der Waals surface area contributed by atoms with E-state index in [1.54, 1.807) is 0 Å². The van der Waals surface area contributed by atoms with Crippen molar-refractivity contribution in [2.75, 3.05) is 6.26 Å². The van der Waals surface area contributed by atoms with E-state index in [0.717, 1.165) is 32.1 Å². The molecule has 2 N–H and O–H groups in total. The maximum absolute atomic E-state index is 11.7. The van der Waals surface area contributed by atoms with Gasteiger partial charge >= 0.3 is 0 Å². The molecule has 102 valence electrons. The molecule has 1 aliphatic rings. The molecule has 0 bridgehead atoms. The van der Waals surface area contributed by atoms with Gasteiger partial charge in [0.2, 0.25) is 0 Å². The Morgan fingerprint density at radius 3 is 1.71 bits per heavy atom. The fourth-order valence-electron chi connectivity index (χ4n) is 2.72. The van der Waals surface area contributed by atoms with E-state index in [4.69, 9.17) is 5.73 Å². The average Bonchev–Trinajstić information content (AvgIpc) is 2.21. The van der Waals surface area contributed by atoms with Crippen molar-refractivity contribution in [3.8, 4) is 0 Å². The SMILES string of the molecule is CS(=O)(=O)C1CCCCCCCCCCC1N. The van der Waals surface area contributed by atoms with Crippen LogP contribution in [0, 0.1) is 0 Å². The van der Waals surface area contributed by atoms with Gasteiger partial charge in [0.15, 0.2) is 9.84 Å². The quantitative estimate of drug-likeness (QED) is 0.789. The monoisotopic (exact) mass is 261 g/mol. The zero-order valence-electron chi connectivity index (χ0n) is 11.0. The van der Waals surface area contributed by atoms with E-state index in [1.165, 1.54) is 38.4 Å². The van der Waals surface area contributed by atoms with E-state index < -0.39 is 9.84 Å². The molecule has 1 fully saturated rings. The van der Waals surface area contributed by atoms with Gasteiger partial charge in [-0.25, -0.2) is 8.42 Å². The third-order valence-corrected chi connectivity index (χ3v) is 5.49. The van der Waals surface area contributed by atoms with Crippen molar-refractivity contribution in [1.82, 2.24) is 0 Å². The Kier molecular flexibility index (Phi) is 6.49. The molecular weight excluding hydrogens is 234 g/mol. The van der Waals surface area contributed by atoms with Crippen LogP contribution in [-0.4, -0.2) is 26.0 Å². The lowest BCUT2D eigenvalue weighted by Gasteiger charge is -2.23. The molecule has 17 heavy (non-hydrogen) atoms. The second-order valence-corrected chi connectivity index (χ2v) is 7.70. The Hall–Kier alpha value is -0.0900. The van der Waals surface area contributed by atoms with Crippen LogP contribution in [0.15, 0.2) is 0 Å². The molecule has 2 unspecified atom stereocenters. The van der Waals surface area contributed by atoms with Crippen molar-refractivity contribution in [2.24, 2.45) is 5.73 Å². The van der Waals surface area contributed by atoms with E-state index >= 15 is 0 Å². The van der Waals surface area contributed by atoms with Gasteiger partial charge in [0.25, 0.3) is 0 Å². The maximum Gasteiger partial charge on any atom is 0.151 e. The molecule has 1 aliphatic carbocycles. The van der Waals surface area contributed by atoms with Crippen LogP contribution in [0.25, 0.3) is 0 Å². The van der Waals surface area contributed by atoms with Gasteiger partial charge in [-0.2, -0.15) is 0 Å². The fourth-order valence-corrected chi connectivity index (χ4v) is 4.08. The molecule has 0 radical (unpaired) electrons. The summed E-state index contributed by atoms with van der Waals surface area (Å²) < 4.78 is 23.5. The summed E-state index contributed by atoms with van der Waals surface area (Å²) in [6.45, 7) is 0. The number of rotatable bonds is 1. The van der Waals surface area contributed by atoms with E-state index in [1.807, 2.05) is 0 Å². The smallest absolute Gasteiger partial charge is 0.151 e. The van der Waals surface area contributed by atoms with Gasteiger partial charge in [0.1, 0.15) is 0 Å². The van der Waals surface area contributed by atoms with Gasteiger partial charge in [0, 0.05) is 12.3 Å². The predicted octanol–water partition coefficient (Wildman–Crippen LogP) is 2.64. The highest BCUT2D eigenvalue weighted by molar-refractivity contribution is 7.91. The van der Waals surface area contributed by atoms with Gasteiger partial charge in [-0.15, -0.1) is 0 Å². The van der Waals surface area contributed by atoms with Crippen LogP contribution in [0.5, 0.6) is 0 Å². The highest BCUT2D eigenvalue weighted by atomic mass is 32.2. The summed E-state index contributed by atoms with van der Waals surface area (Å²) >= 11 is 0. The molecule has 0 saturated heterocycles. The molecule has 1 rings (SSSR count). The standard InChI is InChI=1S/C13H27NO2S/c1-17(15,16)13-11-9-7-5-3-2-4-6-8-10-12(13)14/h12-13H,2-11,14H2,1H3. The van der Waals surface area contributed by atoms with Crippen molar-refractivity contribution >= 4 is 9.84 Å². The summed E-state index contributed by atoms with van der Waals surface area (Å²) in [7, 11) is -2.99. The lowest BCUT2D eigenvalue weighted by molar-refractivity contribution is 0.457.